The van der Waals surface area contributed by atoms with Crippen molar-refractivity contribution in [1.82, 2.24) is 14.5 Å². The van der Waals surface area contributed by atoms with Gasteiger partial charge >= 0.3 is 5.69 Å². The summed E-state index contributed by atoms with van der Waals surface area (Å²) in [6.45, 7) is 10.2. The number of aromatic nitrogens is 3. The van der Waals surface area contributed by atoms with E-state index in [0.29, 0.717) is 17.1 Å². The molecule has 2 heterocycles. The number of carbonyl (C=O) groups excluding carboxylic acids is 1. The molecule has 0 aliphatic heterocycles. The van der Waals surface area contributed by atoms with E-state index in [-0.39, 0.29) is 29.9 Å². The van der Waals surface area contributed by atoms with Crippen LogP contribution >= 0.6 is 11.3 Å². The molecule has 2 aromatic rings. The van der Waals surface area contributed by atoms with Gasteiger partial charge in [-0.2, -0.15) is 0 Å². The van der Waals surface area contributed by atoms with Crippen molar-refractivity contribution in [2.45, 2.75) is 59.9 Å². The number of H-pyrrole nitrogens is 1. The number of nitrogens with zero attached hydrogens (tertiary/aromatic N) is 3. The number of nitrogen functional groups attached to an aromatic ring is 1. The number of rotatable bonds is 7. The number of nitrogens with two attached hydrogens (primary N) is 1. The molecule has 0 saturated heterocycles. The lowest BCUT2D eigenvalue weighted by molar-refractivity contribution is 0.0991. The van der Waals surface area contributed by atoms with Crippen LogP contribution in [-0.4, -0.2) is 27.0 Å². The van der Waals surface area contributed by atoms with Crippen LogP contribution in [0.2, 0.25) is 0 Å². The highest BCUT2D eigenvalue weighted by molar-refractivity contribution is 7.14. The second kappa shape index (κ2) is 8.51. The highest BCUT2D eigenvalue weighted by Crippen LogP contribution is 2.28. The van der Waals surface area contributed by atoms with Crippen LogP contribution in [0.25, 0.3) is 0 Å². The average molecular weight is 394 g/mol. The van der Waals surface area contributed by atoms with E-state index in [9.17, 15) is 14.4 Å². The van der Waals surface area contributed by atoms with Crippen LogP contribution in [0.3, 0.4) is 0 Å². The van der Waals surface area contributed by atoms with Gasteiger partial charge in [0, 0.05) is 19.0 Å². The predicted molar refractivity (Wildman–Crippen MR) is 109 cm³/mol. The molecule has 0 aliphatic rings. The maximum atomic E-state index is 13.1. The Morgan fingerprint density at radius 2 is 2.00 bits per heavy atom. The highest BCUT2D eigenvalue weighted by atomic mass is 32.1. The zero-order chi connectivity index (χ0) is 20.3. The van der Waals surface area contributed by atoms with E-state index in [4.69, 9.17) is 5.73 Å². The molecule has 0 unspecified atom stereocenters. The summed E-state index contributed by atoms with van der Waals surface area (Å²) in [7, 11) is 0. The summed E-state index contributed by atoms with van der Waals surface area (Å²) in [4.78, 5) is 46.3. The maximum Gasteiger partial charge on any atom is 0.330 e. The van der Waals surface area contributed by atoms with E-state index in [1.165, 1.54) is 20.8 Å². The third-order valence-corrected chi connectivity index (χ3v) is 5.73. The van der Waals surface area contributed by atoms with Crippen molar-refractivity contribution < 1.29 is 4.79 Å². The number of amides is 1. The first-order chi connectivity index (χ1) is 12.7. The summed E-state index contributed by atoms with van der Waals surface area (Å²) in [5.41, 5.74) is 5.56. The minimum Gasteiger partial charge on any atom is -0.383 e. The molecular weight excluding hydrogens is 366 g/mol. The molecule has 8 nitrogen and oxygen atoms in total. The molecule has 0 atom stereocenters. The second-order valence-electron chi connectivity index (χ2n) is 6.67. The first-order valence-electron chi connectivity index (χ1n) is 9.14. The fraction of sp³-hybridized carbons (Fsp3) is 0.556. The van der Waals surface area contributed by atoms with Crippen molar-refractivity contribution >= 4 is 28.7 Å². The smallest absolute Gasteiger partial charge is 0.330 e. The topological polar surface area (TPSA) is 114 Å². The number of unbranched alkanes of at least 4 members (excludes halogenated alkanes) is 1. The molecule has 0 saturated carbocycles. The average Bonchev–Trinajstić information content (AvgIpc) is 3.00. The first-order valence-corrected chi connectivity index (χ1v) is 9.96. The molecule has 2 rings (SSSR count). The lowest BCUT2D eigenvalue weighted by Crippen LogP contribution is -2.41. The van der Waals surface area contributed by atoms with Crippen molar-refractivity contribution in [2.75, 3.05) is 17.2 Å². The molecule has 0 aliphatic carbocycles. The Kier molecular flexibility index (Phi) is 6.59. The summed E-state index contributed by atoms with van der Waals surface area (Å²) < 4.78 is 1.31. The molecule has 0 fully saturated rings. The number of aromatic amines is 1. The van der Waals surface area contributed by atoms with Crippen LogP contribution in [0.4, 0.5) is 11.5 Å². The minimum absolute atomic E-state index is 0.0112. The van der Waals surface area contributed by atoms with Gasteiger partial charge in [-0.1, -0.05) is 27.2 Å². The molecule has 1 amide bonds. The van der Waals surface area contributed by atoms with Crippen molar-refractivity contribution in [3.8, 4) is 0 Å². The number of anilines is 2. The van der Waals surface area contributed by atoms with Gasteiger partial charge in [-0.05, 0) is 20.3 Å². The predicted octanol–water partition coefficient (Wildman–Crippen LogP) is 2.47. The van der Waals surface area contributed by atoms with Gasteiger partial charge in [-0.15, -0.1) is 11.3 Å². The molecular formula is C18H27N5O3S. The van der Waals surface area contributed by atoms with E-state index in [1.807, 2.05) is 20.8 Å². The number of aryl methyl sites for hydroxylation is 1. The van der Waals surface area contributed by atoms with Crippen molar-refractivity contribution in [3.63, 3.8) is 0 Å². The summed E-state index contributed by atoms with van der Waals surface area (Å²) >= 11 is 1.32. The Bertz CT molecular complexity index is 941. The van der Waals surface area contributed by atoms with Gasteiger partial charge in [0.15, 0.2) is 5.69 Å². The van der Waals surface area contributed by atoms with Gasteiger partial charge in [-0.3, -0.25) is 24.0 Å². The highest BCUT2D eigenvalue weighted by Gasteiger charge is 2.27. The molecule has 0 spiro atoms. The lowest BCUT2D eigenvalue weighted by Gasteiger charge is -2.22. The van der Waals surface area contributed by atoms with Gasteiger partial charge in [0.25, 0.3) is 11.5 Å². The van der Waals surface area contributed by atoms with Gasteiger partial charge < -0.3 is 5.73 Å². The van der Waals surface area contributed by atoms with Crippen molar-refractivity contribution in [1.29, 1.82) is 0 Å². The van der Waals surface area contributed by atoms with Crippen LogP contribution in [0.15, 0.2) is 9.59 Å². The molecule has 0 radical (unpaired) electrons. The monoisotopic (exact) mass is 393 g/mol. The standard InChI is InChI=1S/C18H27N5O3S/c1-6-8-9-23-14(19)12(15(24)21-18(23)26)22(7-2)17(25)13-11(5)20-16(27-13)10(3)4/h10H,6-9,19H2,1-5H3,(H,21,24,26). The second-order valence-corrected chi connectivity index (χ2v) is 7.70. The number of nitrogens with one attached hydrogen (secondary N) is 1. The van der Waals surface area contributed by atoms with E-state index < -0.39 is 11.2 Å². The quantitative estimate of drug-likeness (QED) is 0.750. The third kappa shape index (κ3) is 4.13. The molecule has 27 heavy (non-hydrogen) atoms. The summed E-state index contributed by atoms with van der Waals surface area (Å²) in [6.07, 6.45) is 1.61. The van der Waals surface area contributed by atoms with E-state index in [1.54, 1.807) is 13.8 Å². The van der Waals surface area contributed by atoms with Gasteiger partial charge in [-0.25, -0.2) is 9.78 Å². The van der Waals surface area contributed by atoms with Gasteiger partial charge in [0.1, 0.15) is 10.7 Å². The minimum atomic E-state index is -0.660. The van der Waals surface area contributed by atoms with Gasteiger partial charge in [0.05, 0.1) is 10.7 Å². The molecule has 0 aromatic carbocycles. The van der Waals surface area contributed by atoms with E-state index in [0.717, 1.165) is 17.8 Å². The first kappa shape index (κ1) is 20.9. The van der Waals surface area contributed by atoms with Gasteiger partial charge in [0.2, 0.25) is 0 Å². The van der Waals surface area contributed by atoms with Crippen LogP contribution in [0.5, 0.6) is 0 Å². The molecule has 0 bridgehead atoms. The summed E-state index contributed by atoms with van der Waals surface area (Å²) in [5, 5.41) is 0.863. The maximum absolute atomic E-state index is 13.1. The Balaban J connectivity index is 2.56. The van der Waals surface area contributed by atoms with Crippen LogP contribution in [0, 0.1) is 6.92 Å². The van der Waals surface area contributed by atoms with Crippen LogP contribution in [-0.2, 0) is 6.54 Å². The van der Waals surface area contributed by atoms with Crippen molar-refractivity contribution in [3.05, 3.63) is 36.4 Å². The number of carbonyl (C=O) groups is 1. The van der Waals surface area contributed by atoms with Crippen LogP contribution < -0.4 is 21.9 Å². The Hall–Kier alpha value is -2.42. The molecule has 3 N–H and O–H groups in total. The number of thiazole rings is 1. The lowest BCUT2D eigenvalue weighted by atomic mass is 10.2. The summed E-state index contributed by atoms with van der Waals surface area (Å²) in [5.74, 6) is -0.120. The molecule has 2 aromatic heterocycles. The van der Waals surface area contributed by atoms with E-state index >= 15 is 0 Å². The molecule has 148 valence electrons. The van der Waals surface area contributed by atoms with E-state index in [2.05, 4.69) is 9.97 Å². The summed E-state index contributed by atoms with van der Waals surface area (Å²) in [6, 6.07) is 0. The van der Waals surface area contributed by atoms with Crippen LogP contribution in [0.1, 0.15) is 66.8 Å². The SMILES string of the molecule is CCCCn1c(N)c(N(CC)C(=O)c2sc(C(C)C)nc2C)c(=O)[nH]c1=O. The zero-order valence-electron chi connectivity index (χ0n) is 16.5. The Morgan fingerprint density at radius 3 is 2.52 bits per heavy atom. The Morgan fingerprint density at radius 1 is 1.33 bits per heavy atom. The van der Waals surface area contributed by atoms with Crippen molar-refractivity contribution in [2.24, 2.45) is 0 Å². The number of hydrogen-bond acceptors (Lipinski definition) is 6. The fourth-order valence-corrected chi connectivity index (χ4v) is 3.78. The third-order valence-electron chi connectivity index (χ3n) is 4.28. The zero-order valence-corrected chi connectivity index (χ0v) is 17.3. The fourth-order valence-electron chi connectivity index (χ4n) is 2.76. The Labute approximate surface area is 162 Å². The normalized spacial score (nSPS) is 11.2. The largest absolute Gasteiger partial charge is 0.383 e. The molecule has 9 heteroatoms. The number of hydrogen-bond donors (Lipinski definition) is 2.